The Balaban J connectivity index is 1.79. The van der Waals surface area contributed by atoms with Gasteiger partial charge in [-0.2, -0.15) is 0 Å². The number of ether oxygens (including phenoxy) is 3. The number of nitrogens with zero attached hydrogens (tertiary/aromatic N) is 1. The van der Waals surface area contributed by atoms with Gasteiger partial charge in [-0.05, 0) is 30.5 Å². The zero-order valence-corrected chi connectivity index (χ0v) is 16.5. The van der Waals surface area contributed by atoms with Gasteiger partial charge in [0.1, 0.15) is 11.9 Å². The molecule has 2 aromatic rings. The molecule has 0 aliphatic rings. The predicted octanol–water partition coefficient (Wildman–Crippen LogP) is 3.08. The van der Waals surface area contributed by atoms with E-state index in [2.05, 4.69) is 22.0 Å². The van der Waals surface area contributed by atoms with E-state index >= 15 is 0 Å². The number of esters is 1. The number of benzene rings is 1. The Kier molecular flexibility index (Phi) is 8.03. The second-order valence-corrected chi connectivity index (χ2v) is 7.07. The number of hydrogen-bond donors (Lipinski definition) is 1. The lowest BCUT2D eigenvalue weighted by Gasteiger charge is -2.17. The van der Waals surface area contributed by atoms with Gasteiger partial charge in [0.25, 0.3) is 0 Å². The fraction of sp³-hybridized carbons (Fsp3) is 0.474. The van der Waals surface area contributed by atoms with Crippen molar-refractivity contribution < 1.29 is 19.0 Å². The normalized spacial score (nSPS) is 13.2. The highest BCUT2D eigenvalue weighted by molar-refractivity contribution is 7.09. The molecule has 0 spiro atoms. The first-order valence-corrected chi connectivity index (χ1v) is 9.36. The lowest BCUT2D eigenvalue weighted by molar-refractivity contribution is -0.142. The molecule has 0 radical (unpaired) electrons. The van der Waals surface area contributed by atoms with E-state index in [9.17, 15) is 4.79 Å². The van der Waals surface area contributed by atoms with Gasteiger partial charge in [0, 0.05) is 25.6 Å². The molecule has 2 rings (SSSR count). The number of thiazole rings is 1. The van der Waals surface area contributed by atoms with Crippen LogP contribution >= 0.6 is 11.3 Å². The average molecular weight is 378 g/mol. The minimum absolute atomic E-state index is 0.0405. The van der Waals surface area contributed by atoms with Gasteiger partial charge in [-0.3, -0.25) is 0 Å². The molecule has 1 heterocycles. The van der Waals surface area contributed by atoms with Crippen LogP contribution in [0.1, 0.15) is 35.2 Å². The van der Waals surface area contributed by atoms with Crippen LogP contribution in [0, 0.1) is 6.92 Å². The SMILES string of the molecule is COC(=O)COc1ccc(C(C)CNCC(OC)c2csc(C)n2)cc1. The van der Waals surface area contributed by atoms with E-state index < -0.39 is 5.97 Å². The van der Waals surface area contributed by atoms with Crippen molar-refractivity contribution in [1.82, 2.24) is 10.3 Å². The van der Waals surface area contributed by atoms with Gasteiger partial charge >= 0.3 is 5.97 Å². The Morgan fingerprint density at radius 1 is 1.23 bits per heavy atom. The van der Waals surface area contributed by atoms with E-state index in [0.29, 0.717) is 18.2 Å². The van der Waals surface area contributed by atoms with Gasteiger partial charge in [0.2, 0.25) is 0 Å². The molecule has 6 nitrogen and oxygen atoms in total. The summed E-state index contributed by atoms with van der Waals surface area (Å²) in [5, 5.41) is 6.54. The van der Waals surface area contributed by atoms with Crippen LogP contribution in [0.2, 0.25) is 0 Å². The topological polar surface area (TPSA) is 69.7 Å². The maximum absolute atomic E-state index is 11.1. The molecule has 0 fully saturated rings. The molecule has 2 unspecified atom stereocenters. The van der Waals surface area contributed by atoms with Gasteiger partial charge in [-0.1, -0.05) is 19.1 Å². The van der Waals surface area contributed by atoms with Crippen LogP contribution < -0.4 is 10.1 Å². The van der Waals surface area contributed by atoms with Crippen LogP contribution in [0.3, 0.4) is 0 Å². The van der Waals surface area contributed by atoms with Crippen molar-refractivity contribution in [1.29, 1.82) is 0 Å². The summed E-state index contributed by atoms with van der Waals surface area (Å²) in [6.45, 7) is 5.61. The van der Waals surface area contributed by atoms with Crippen molar-refractivity contribution in [2.45, 2.75) is 25.9 Å². The van der Waals surface area contributed by atoms with E-state index in [0.717, 1.165) is 17.2 Å². The summed E-state index contributed by atoms with van der Waals surface area (Å²) in [4.78, 5) is 15.6. The fourth-order valence-electron chi connectivity index (χ4n) is 2.48. The van der Waals surface area contributed by atoms with Gasteiger partial charge in [-0.25, -0.2) is 9.78 Å². The van der Waals surface area contributed by atoms with Crippen LogP contribution in [-0.2, 0) is 14.3 Å². The number of methoxy groups -OCH3 is 2. The molecule has 142 valence electrons. The monoisotopic (exact) mass is 378 g/mol. The van der Waals surface area contributed by atoms with Crippen molar-refractivity contribution in [3.63, 3.8) is 0 Å². The van der Waals surface area contributed by atoms with Crippen molar-refractivity contribution in [2.75, 3.05) is 33.9 Å². The third kappa shape index (κ3) is 6.09. The Morgan fingerprint density at radius 2 is 1.96 bits per heavy atom. The smallest absolute Gasteiger partial charge is 0.343 e. The van der Waals surface area contributed by atoms with Gasteiger partial charge in [0.05, 0.1) is 17.8 Å². The summed E-state index contributed by atoms with van der Waals surface area (Å²) in [7, 11) is 3.05. The molecule has 1 aromatic carbocycles. The van der Waals surface area contributed by atoms with E-state index in [-0.39, 0.29) is 12.7 Å². The number of rotatable bonds is 10. The van der Waals surface area contributed by atoms with Crippen LogP contribution in [0.4, 0.5) is 0 Å². The molecule has 1 N–H and O–H groups in total. The molecule has 7 heteroatoms. The highest BCUT2D eigenvalue weighted by atomic mass is 32.1. The second-order valence-electron chi connectivity index (χ2n) is 6.01. The number of carbonyl (C=O) groups is 1. The molecule has 0 aliphatic heterocycles. The molecule has 1 aromatic heterocycles. The van der Waals surface area contributed by atoms with Crippen LogP contribution in [0.25, 0.3) is 0 Å². The first kappa shape index (κ1) is 20.4. The highest BCUT2D eigenvalue weighted by Gasteiger charge is 2.14. The highest BCUT2D eigenvalue weighted by Crippen LogP contribution is 2.21. The van der Waals surface area contributed by atoms with E-state index in [1.807, 2.05) is 36.6 Å². The lowest BCUT2D eigenvalue weighted by atomic mass is 10.0. The number of carbonyl (C=O) groups excluding carboxylic acids is 1. The molecule has 0 amide bonds. The molecule has 0 aliphatic carbocycles. The average Bonchev–Trinajstić information content (AvgIpc) is 3.09. The second kappa shape index (κ2) is 10.3. The number of hydrogen-bond acceptors (Lipinski definition) is 7. The van der Waals surface area contributed by atoms with Gasteiger partial charge < -0.3 is 19.5 Å². The van der Waals surface area contributed by atoms with Crippen molar-refractivity contribution in [3.05, 3.63) is 45.9 Å². The van der Waals surface area contributed by atoms with Crippen molar-refractivity contribution >= 4 is 17.3 Å². The summed E-state index contributed by atoms with van der Waals surface area (Å²) < 4.78 is 15.4. The molecular formula is C19H26N2O4S. The number of aromatic nitrogens is 1. The predicted molar refractivity (Wildman–Crippen MR) is 102 cm³/mol. The minimum Gasteiger partial charge on any atom is -0.482 e. The maximum atomic E-state index is 11.1. The molecule has 26 heavy (non-hydrogen) atoms. The zero-order valence-electron chi connectivity index (χ0n) is 15.7. The summed E-state index contributed by atoms with van der Waals surface area (Å²) >= 11 is 1.63. The molecule has 0 saturated heterocycles. The third-order valence-electron chi connectivity index (χ3n) is 4.06. The van der Waals surface area contributed by atoms with Crippen LogP contribution in [-0.4, -0.2) is 44.9 Å². The Hall–Kier alpha value is -1.96. The molecule has 0 saturated carbocycles. The summed E-state index contributed by atoms with van der Waals surface area (Å²) in [6.07, 6.45) is -0.0405. The maximum Gasteiger partial charge on any atom is 0.343 e. The quantitative estimate of drug-likeness (QED) is 0.641. The van der Waals surface area contributed by atoms with Gasteiger partial charge in [-0.15, -0.1) is 11.3 Å². The van der Waals surface area contributed by atoms with Crippen molar-refractivity contribution in [2.24, 2.45) is 0 Å². The summed E-state index contributed by atoms with van der Waals surface area (Å²) in [5.74, 6) is 0.589. The van der Waals surface area contributed by atoms with Crippen molar-refractivity contribution in [3.8, 4) is 5.75 Å². The standard InChI is InChI=1S/C19H26N2O4S/c1-13(9-20-10-18(23-3)17-12-26-14(2)21-17)15-5-7-16(8-6-15)25-11-19(22)24-4/h5-8,12-13,18,20H,9-11H2,1-4H3. The molecular weight excluding hydrogens is 352 g/mol. The summed E-state index contributed by atoms with van der Waals surface area (Å²) in [5.41, 5.74) is 2.17. The lowest BCUT2D eigenvalue weighted by Crippen LogP contribution is -2.26. The van der Waals surface area contributed by atoms with E-state index in [1.165, 1.54) is 12.7 Å². The largest absolute Gasteiger partial charge is 0.482 e. The first-order valence-electron chi connectivity index (χ1n) is 8.48. The number of aryl methyl sites for hydroxylation is 1. The van der Waals surface area contributed by atoms with Gasteiger partial charge in [0.15, 0.2) is 6.61 Å². The zero-order chi connectivity index (χ0) is 18.9. The summed E-state index contributed by atoms with van der Waals surface area (Å²) in [6, 6.07) is 7.75. The fourth-order valence-corrected chi connectivity index (χ4v) is 3.13. The van der Waals surface area contributed by atoms with E-state index in [1.54, 1.807) is 18.4 Å². The van der Waals surface area contributed by atoms with E-state index in [4.69, 9.17) is 9.47 Å². The Bertz CT molecular complexity index is 687. The Morgan fingerprint density at radius 3 is 2.54 bits per heavy atom. The third-order valence-corrected chi connectivity index (χ3v) is 4.86. The minimum atomic E-state index is -0.394. The Labute approximate surface area is 158 Å². The van der Waals surface area contributed by atoms with Crippen LogP contribution in [0.15, 0.2) is 29.6 Å². The molecule has 2 atom stereocenters. The van der Waals surface area contributed by atoms with Crippen LogP contribution in [0.5, 0.6) is 5.75 Å². The number of nitrogens with one attached hydrogen (secondary N) is 1. The first-order chi connectivity index (χ1) is 12.5. The molecule has 0 bridgehead atoms.